The topological polar surface area (TPSA) is 61.9 Å². The number of halogens is 1. The second-order valence-electron chi connectivity index (χ2n) is 8.94. The number of nitrogens with zero attached hydrogens (tertiary/aromatic N) is 2. The van der Waals surface area contributed by atoms with Crippen molar-refractivity contribution in [3.8, 4) is 5.75 Å². The zero-order valence-electron chi connectivity index (χ0n) is 18.6. The summed E-state index contributed by atoms with van der Waals surface area (Å²) in [5, 5.41) is 3.25. The Morgan fingerprint density at radius 2 is 1.97 bits per heavy atom. The molecule has 6 nitrogen and oxygen atoms in total. The van der Waals surface area contributed by atoms with Crippen LogP contribution in [-0.2, 0) is 11.2 Å². The van der Waals surface area contributed by atoms with Gasteiger partial charge in [-0.05, 0) is 55.2 Å². The van der Waals surface area contributed by atoms with E-state index in [1.165, 1.54) is 12.1 Å². The van der Waals surface area contributed by atoms with E-state index in [0.717, 1.165) is 31.4 Å². The highest BCUT2D eigenvalue weighted by Gasteiger charge is 2.52. The average Bonchev–Trinajstić information content (AvgIpc) is 3.06. The summed E-state index contributed by atoms with van der Waals surface area (Å²) in [5.74, 6) is -0.00564. The van der Waals surface area contributed by atoms with Crippen molar-refractivity contribution in [1.82, 2.24) is 15.1 Å². The minimum Gasteiger partial charge on any atom is -0.494 e. The molecule has 2 aromatic carbocycles. The van der Waals surface area contributed by atoms with Crippen LogP contribution in [0.5, 0.6) is 5.75 Å². The highest BCUT2D eigenvalue weighted by atomic mass is 19.1. The Bertz CT molecular complexity index is 979. The third-order valence-corrected chi connectivity index (χ3v) is 6.52. The lowest BCUT2D eigenvalue weighted by atomic mass is 9.81. The lowest BCUT2D eigenvalue weighted by Gasteiger charge is -2.35. The van der Waals surface area contributed by atoms with E-state index < -0.39 is 5.54 Å². The van der Waals surface area contributed by atoms with Gasteiger partial charge in [-0.3, -0.25) is 14.5 Å². The number of likely N-dealkylation sites (tertiary alicyclic amines) is 1. The molecule has 2 heterocycles. The number of hydrogen-bond donors (Lipinski definition) is 1. The van der Waals surface area contributed by atoms with E-state index in [2.05, 4.69) is 10.2 Å². The van der Waals surface area contributed by atoms with Gasteiger partial charge in [0.2, 0.25) is 5.91 Å². The molecule has 7 heteroatoms. The minimum absolute atomic E-state index is 0.0429. The summed E-state index contributed by atoms with van der Waals surface area (Å²) in [4.78, 5) is 30.0. The molecule has 0 bridgehead atoms. The van der Waals surface area contributed by atoms with E-state index in [0.29, 0.717) is 31.0 Å². The van der Waals surface area contributed by atoms with Crippen molar-refractivity contribution in [2.24, 2.45) is 5.92 Å². The van der Waals surface area contributed by atoms with E-state index in [4.69, 9.17) is 4.74 Å². The summed E-state index contributed by atoms with van der Waals surface area (Å²) >= 11 is 0. The van der Waals surface area contributed by atoms with E-state index in [1.54, 1.807) is 31.1 Å². The molecule has 2 atom stereocenters. The van der Waals surface area contributed by atoms with Crippen LogP contribution in [0.3, 0.4) is 0 Å². The van der Waals surface area contributed by atoms with Crippen LogP contribution in [0.25, 0.3) is 0 Å². The summed E-state index contributed by atoms with van der Waals surface area (Å²) < 4.78 is 18.7. The van der Waals surface area contributed by atoms with Crippen molar-refractivity contribution in [1.29, 1.82) is 0 Å². The smallest absolute Gasteiger partial charge is 0.252 e. The Kier molecular flexibility index (Phi) is 6.46. The number of fused-ring (bicyclic) bond motifs is 1. The number of ether oxygens (including phenoxy) is 1. The number of aryl methyl sites for hydroxylation is 1. The monoisotopic (exact) mass is 439 g/mol. The average molecular weight is 440 g/mol. The fourth-order valence-electron chi connectivity index (χ4n) is 4.87. The normalized spacial score (nSPS) is 22.8. The molecular weight excluding hydrogens is 409 g/mol. The van der Waals surface area contributed by atoms with Crippen molar-refractivity contribution < 1.29 is 18.7 Å². The maximum Gasteiger partial charge on any atom is 0.252 e. The lowest BCUT2D eigenvalue weighted by Crippen LogP contribution is -2.57. The van der Waals surface area contributed by atoms with Crippen LogP contribution in [0, 0.1) is 11.7 Å². The Labute approximate surface area is 188 Å². The maximum absolute atomic E-state index is 13.1. The van der Waals surface area contributed by atoms with Crippen molar-refractivity contribution in [2.45, 2.75) is 24.8 Å². The first-order valence-corrected chi connectivity index (χ1v) is 11.1. The number of nitrogens with one attached hydrogen (secondary N) is 1. The SMILES string of the molecule is CN(C)C(=O)[C@H]1CN(CCCOc2ccc(F)cc2)C[C@@]12CCc1ccccc1C(=O)N2. The Hall–Kier alpha value is -2.93. The second-order valence-corrected chi connectivity index (χ2v) is 8.94. The molecule has 32 heavy (non-hydrogen) atoms. The van der Waals surface area contributed by atoms with Gasteiger partial charge in [0.05, 0.1) is 18.1 Å². The fraction of sp³-hybridized carbons (Fsp3) is 0.440. The largest absolute Gasteiger partial charge is 0.494 e. The molecule has 0 saturated carbocycles. The van der Waals surface area contributed by atoms with Gasteiger partial charge in [-0.2, -0.15) is 0 Å². The Morgan fingerprint density at radius 3 is 2.72 bits per heavy atom. The molecule has 1 saturated heterocycles. The molecule has 1 fully saturated rings. The predicted molar refractivity (Wildman–Crippen MR) is 120 cm³/mol. The molecule has 0 aromatic heterocycles. The van der Waals surface area contributed by atoms with Crippen LogP contribution in [-0.4, -0.2) is 67.5 Å². The first-order chi connectivity index (χ1) is 15.4. The third-order valence-electron chi connectivity index (χ3n) is 6.52. The molecule has 0 radical (unpaired) electrons. The van der Waals surface area contributed by atoms with Crippen molar-refractivity contribution in [3.63, 3.8) is 0 Å². The molecule has 2 amide bonds. The van der Waals surface area contributed by atoms with Gasteiger partial charge >= 0.3 is 0 Å². The van der Waals surface area contributed by atoms with Crippen molar-refractivity contribution in [2.75, 3.05) is 40.3 Å². The van der Waals surface area contributed by atoms with E-state index in [1.807, 2.05) is 24.3 Å². The second kappa shape index (κ2) is 9.28. The number of rotatable bonds is 6. The molecule has 2 aliphatic rings. The van der Waals surface area contributed by atoms with Gasteiger partial charge in [0.25, 0.3) is 5.91 Å². The van der Waals surface area contributed by atoms with E-state index in [9.17, 15) is 14.0 Å². The van der Waals surface area contributed by atoms with Gasteiger partial charge in [0.1, 0.15) is 11.6 Å². The van der Waals surface area contributed by atoms with Gasteiger partial charge in [0, 0.05) is 39.3 Å². The predicted octanol–water partition coefficient (Wildman–Crippen LogP) is 2.73. The van der Waals surface area contributed by atoms with Crippen LogP contribution in [0.4, 0.5) is 4.39 Å². The van der Waals surface area contributed by atoms with Crippen molar-refractivity contribution >= 4 is 11.8 Å². The molecule has 2 aromatic rings. The van der Waals surface area contributed by atoms with Crippen LogP contribution in [0.2, 0.25) is 0 Å². The van der Waals surface area contributed by atoms with Crippen LogP contribution in [0.15, 0.2) is 48.5 Å². The number of amides is 2. The fourth-order valence-corrected chi connectivity index (χ4v) is 4.87. The number of carbonyl (C=O) groups excluding carboxylic acids is 2. The van der Waals surface area contributed by atoms with Gasteiger partial charge in [-0.1, -0.05) is 18.2 Å². The summed E-state index contributed by atoms with van der Waals surface area (Å²) in [5.41, 5.74) is 1.14. The standard InChI is InChI=1S/C25H30FN3O3/c1-28(2)24(31)22-16-29(14-5-15-32-20-10-8-19(26)9-11-20)17-25(22)13-12-18-6-3-4-7-21(18)23(30)27-25/h3-4,6-11,22H,5,12-17H2,1-2H3,(H,27,30)/t22-,25+/m1/s1. The summed E-state index contributed by atoms with van der Waals surface area (Å²) in [7, 11) is 3.53. The zero-order valence-corrected chi connectivity index (χ0v) is 18.6. The molecular formula is C25H30FN3O3. The summed E-state index contributed by atoms with van der Waals surface area (Å²) in [6, 6.07) is 13.7. The molecule has 1 N–H and O–H groups in total. The zero-order chi connectivity index (χ0) is 22.7. The Balaban J connectivity index is 1.43. The molecule has 4 rings (SSSR count). The van der Waals surface area contributed by atoms with E-state index in [-0.39, 0.29) is 23.5 Å². The maximum atomic E-state index is 13.1. The third kappa shape index (κ3) is 4.63. The van der Waals surface area contributed by atoms with Gasteiger partial charge in [-0.15, -0.1) is 0 Å². The van der Waals surface area contributed by atoms with Crippen LogP contribution in [0.1, 0.15) is 28.8 Å². The summed E-state index contributed by atoms with van der Waals surface area (Å²) in [6.07, 6.45) is 2.25. The molecule has 0 aliphatic carbocycles. The highest BCUT2D eigenvalue weighted by Crippen LogP contribution is 2.36. The molecule has 1 spiro atoms. The number of carbonyl (C=O) groups is 2. The Morgan fingerprint density at radius 1 is 1.22 bits per heavy atom. The van der Waals surface area contributed by atoms with Gasteiger partial charge in [0.15, 0.2) is 0 Å². The first-order valence-electron chi connectivity index (χ1n) is 11.1. The minimum atomic E-state index is -0.588. The molecule has 170 valence electrons. The van der Waals surface area contributed by atoms with Gasteiger partial charge < -0.3 is 15.0 Å². The highest BCUT2D eigenvalue weighted by molar-refractivity contribution is 5.97. The van der Waals surface area contributed by atoms with Gasteiger partial charge in [-0.25, -0.2) is 4.39 Å². The summed E-state index contributed by atoms with van der Waals surface area (Å²) in [6.45, 7) is 2.49. The number of hydrogen-bond acceptors (Lipinski definition) is 4. The quantitative estimate of drug-likeness (QED) is 0.703. The van der Waals surface area contributed by atoms with E-state index >= 15 is 0 Å². The van der Waals surface area contributed by atoms with Crippen LogP contribution >= 0.6 is 0 Å². The lowest BCUT2D eigenvalue weighted by molar-refractivity contribution is -0.134. The van der Waals surface area contributed by atoms with Crippen molar-refractivity contribution in [3.05, 3.63) is 65.5 Å². The first kappa shape index (κ1) is 22.3. The molecule has 0 unspecified atom stereocenters. The molecule has 2 aliphatic heterocycles. The number of benzene rings is 2. The van der Waals surface area contributed by atoms with Crippen LogP contribution < -0.4 is 10.1 Å².